The molecule has 106 valence electrons. The lowest BCUT2D eigenvalue weighted by molar-refractivity contribution is -0.144. The number of ether oxygens (including phenoxy) is 1. The third-order valence-corrected chi connectivity index (χ3v) is 3.02. The Balaban J connectivity index is 2.85. The zero-order chi connectivity index (χ0) is 14.4. The fourth-order valence-electron chi connectivity index (χ4n) is 1.88. The molecule has 1 aromatic heterocycles. The summed E-state index contributed by atoms with van der Waals surface area (Å²) in [5.74, 6) is -0.565. The van der Waals surface area contributed by atoms with Crippen LogP contribution in [0.3, 0.4) is 0 Å². The maximum absolute atomic E-state index is 12.9. The summed E-state index contributed by atoms with van der Waals surface area (Å²) in [7, 11) is 1.37. The van der Waals surface area contributed by atoms with Crippen molar-refractivity contribution < 1.29 is 13.9 Å². The number of carbonyl (C=O) groups excluding carboxylic acids is 1. The number of nitrogens with one attached hydrogen (secondary N) is 1. The quantitative estimate of drug-likeness (QED) is 0.805. The minimum atomic E-state index is -0.401. The Morgan fingerprint density at radius 3 is 2.58 bits per heavy atom. The first-order valence-corrected chi connectivity index (χ1v) is 6.44. The second-order valence-corrected chi connectivity index (χ2v) is 4.77. The van der Waals surface area contributed by atoms with Gasteiger partial charge in [-0.05, 0) is 24.5 Å². The van der Waals surface area contributed by atoms with Gasteiger partial charge in [0.1, 0.15) is 11.9 Å². The minimum Gasteiger partial charge on any atom is -0.468 e. The van der Waals surface area contributed by atoms with Crippen LogP contribution in [0.2, 0.25) is 0 Å². The molecular weight excluding hydrogens is 247 g/mol. The van der Waals surface area contributed by atoms with Crippen molar-refractivity contribution in [2.75, 3.05) is 7.11 Å². The SMILES string of the molecule is CCC(NC(C(=O)OC)C(C)C)c1ccc(F)cn1. The predicted molar refractivity (Wildman–Crippen MR) is 71.0 cm³/mol. The van der Waals surface area contributed by atoms with Gasteiger partial charge in [-0.25, -0.2) is 4.39 Å². The molecule has 2 unspecified atom stereocenters. The highest BCUT2D eigenvalue weighted by Crippen LogP contribution is 2.17. The van der Waals surface area contributed by atoms with Crippen molar-refractivity contribution in [2.24, 2.45) is 5.92 Å². The van der Waals surface area contributed by atoms with E-state index in [4.69, 9.17) is 4.74 Å². The zero-order valence-electron chi connectivity index (χ0n) is 11.8. The summed E-state index contributed by atoms with van der Waals surface area (Å²) in [6.07, 6.45) is 1.93. The number of carbonyl (C=O) groups is 1. The molecule has 0 amide bonds. The van der Waals surface area contributed by atoms with Gasteiger partial charge in [0.15, 0.2) is 0 Å². The molecule has 0 bridgehead atoms. The number of methoxy groups -OCH3 is 1. The van der Waals surface area contributed by atoms with Crippen molar-refractivity contribution >= 4 is 5.97 Å². The van der Waals surface area contributed by atoms with Crippen molar-refractivity contribution in [1.29, 1.82) is 0 Å². The third kappa shape index (κ3) is 4.28. The normalized spacial score (nSPS) is 14.2. The third-order valence-electron chi connectivity index (χ3n) is 3.02. The van der Waals surface area contributed by atoms with Gasteiger partial charge in [-0.3, -0.25) is 15.1 Å². The number of nitrogens with zero attached hydrogens (tertiary/aromatic N) is 1. The van der Waals surface area contributed by atoms with Crippen LogP contribution in [-0.2, 0) is 9.53 Å². The van der Waals surface area contributed by atoms with Crippen molar-refractivity contribution in [1.82, 2.24) is 10.3 Å². The Morgan fingerprint density at radius 1 is 1.47 bits per heavy atom. The van der Waals surface area contributed by atoms with E-state index in [1.54, 1.807) is 6.07 Å². The Labute approximate surface area is 113 Å². The smallest absolute Gasteiger partial charge is 0.323 e. The molecular formula is C14H21FN2O2. The van der Waals surface area contributed by atoms with E-state index in [9.17, 15) is 9.18 Å². The van der Waals surface area contributed by atoms with Crippen molar-refractivity contribution in [3.05, 3.63) is 29.8 Å². The highest BCUT2D eigenvalue weighted by molar-refractivity contribution is 5.76. The Bertz CT molecular complexity index is 406. The topological polar surface area (TPSA) is 51.2 Å². The van der Waals surface area contributed by atoms with Crippen LogP contribution in [-0.4, -0.2) is 24.1 Å². The van der Waals surface area contributed by atoms with E-state index < -0.39 is 6.04 Å². The number of hydrogen-bond donors (Lipinski definition) is 1. The Hall–Kier alpha value is -1.49. The number of rotatable bonds is 6. The second kappa shape index (κ2) is 7.19. The van der Waals surface area contributed by atoms with Gasteiger partial charge in [-0.15, -0.1) is 0 Å². The van der Waals surface area contributed by atoms with Crippen molar-refractivity contribution in [2.45, 2.75) is 39.3 Å². The summed E-state index contributed by atoms with van der Waals surface area (Å²) < 4.78 is 17.7. The van der Waals surface area contributed by atoms with E-state index in [-0.39, 0.29) is 23.7 Å². The Kier molecular flexibility index (Phi) is 5.89. The molecule has 0 aliphatic rings. The highest BCUT2D eigenvalue weighted by Gasteiger charge is 2.26. The molecule has 0 aliphatic carbocycles. The first-order valence-electron chi connectivity index (χ1n) is 6.44. The molecule has 0 aromatic carbocycles. The first-order chi connectivity index (χ1) is 8.99. The maximum atomic E-state index is 12.9. The molecule has 2 atom stereocenters. The lowest BCUT2D eigenvalue weighted by Crippen LogP contribution is -2.43. The van der Waals surface area contributed by atoms with Gasteiger partial charge in [0.2, 0.25) is 0 Å². The molecule has 19 heavy (non-hydrogen) atoms. The number of esters is 1. The van der Waals surface area contributed by atoms with Crippen LogP contribution in [0, 0.1) is 11.7 Å². The first kappa shape index (κ1) is 15.6. The number of aromatic nitrogens is 1. The Morgan fingerprint density at radius 2 is 2.16 bits per heavy atom. The largest absolute Gasteiger partial charge is 0.468 e. The maximum Gasteiger partial charge on any atom is 0.323 e. The zero-order valence-corrected chi connectivity index (χ0v) is 11.8. The average Bonchev–Trinajstić information content (AvgIpc) is 2.40. The predicted octanol–water partition coefficient (Wildman–Crippen LogP) is 2.46. The van der Waals surface area contributed by atoms with Crippen molar-refractivity contribution in [3.8, 4) is 0 Å². The molecule has 0 aliphatic heterocycles. The number of hydrogen-bond acceptors (Lipinski definition) is 4. The molecule has 0 fully saturated rings. The van der Waals surface area contributed by atoms with Crippen LogP contribution in [0.1, 0.15) is 38.9 Å². The average molecular weight is 268 g/mol. The lowest BCUT2D eigenvalue weighted by Gasteiger charge is -2.25. The number of pyridine rings is 1. The summed E-state index contributed by atoms with van der Waals surface area (Å²) in [5.41, 5.74) is 0.721. The molecule has 0 saturated carbocycles. The van der Waals surface area contributed by atoms with Crippen LogP contribution >= 0.6 is 0 Å². The molecule has 0 saturated heterocycles. The van der Waals surface area contributed by atoms with Crippen LogP contribution in [0.25, 0.3) is 0 Å². The standard InChI is InChI=1S/C14H21FN2O2/c1-5-11(12-7-6-10(15)8-16-12)17-13(9(2)3)14(18)19-4/h6-9,11,13,17H,5H2,1-4H3. The van der Waals surface area contributed by atoms with Crippen molar-refractivity contribution in [3.63, 3.8) is 0 Å². The summed E-state index contributed by atoms with van der Waals surface area (Å²) in [6, 6.07) is 2.49. The van der Waals surface area contributed by atoms with Crippen LogP contribution in [0.15, 0.2) is 18.3 Å². The van der Waals surface area contributed by atoms with Gasteiger partial charge in [0, 0.05) is 6.04 Å². The molecule has 1 rings (SSSR count). The highest BCUT2D eigenvalue weighted by atomic mass is 19.1. The van der Waals surface area contributed by atoms with E-state index >= 15 is 0 Å². The van der Waals surface area contributed by atoms with E-state index in [1.807, 2.05) is 20.8 Å². The summed E-state index contributed by atoms with van der Waals surface area (Å²) in [4.78, 5) is 15.8. The van der Waals surface area contributed by atoms with E-state index in [0.717, 1.165) is 12.1 Å². The van der Waals surface area contributed by atoms with Gasteiger partial charge in [-0.1, -0.05) is 20.8 Å². The fraction of sp³-hybridized carbons (Fsp3) is 0.571. The summed E-state index contributed by atoms with van der Waals surface area (Å²) in [5, 5.41) is 3.23. The summed E-state index contributed by atoms with van der Waals surface area (Å²) in [6.45, 7) is 5.87. The van der Waals surface area contributed by atoms with E-state index in [2.05, 4.69) is 10.3 Å². The minimum absolute atomic E-state index is 0.0990. The number of halogens is 1. The van der Waals surface area contributed by atoms with Gasteiger partial charge >= 0.3 is 5.97 Å². The van der Waals surface area contributed by atoms with E-state index in [0.29, 0.717) is 0 Å². The van der Waals surface area contributed by atoms with Gasteiger partial charge in [-0.2, -0.15) is 0 Å². The molecule has 5 heteroatoms. The second-order valence-electron chi connectivity index (χ2n) is 4.77. The van der Waals surface area contributed by atoms with Crippen LogP contribution in [0.4, 0.5) is 4.39 Å². The van der Waals surface area contributed by atoms with Gasteiger partial charge in [0.05, 0.1) is 19.0 Å². The molecule has 0 radical (unpaired) electrons. The fourth-order valence-corrected chi connectivity index (χ4v) is 1.88. The van der Waals surface area contributed by atoms with Gasteiger partial charge in [0.25, 0.3) is 0 Å². The van der Waals surface area contributed by atoms with E-state index in [1.165, 1.54) is 19.4 Å². The molecule has 1 N–H and O–H groups in total. The molecule has 4 nitrogen and oxygen atoms in total. The molecule has 0 spiro atoms. The molecule has 1 heterocycles. The lowest BCUT2D eigenvalue weighted by atomic mass is 10.0. The van der Waals surface area contributed by atoms with Crippen LogP contribution in [0.5, 0.6) is 0 Å². The summed E-state index contributed by atoms with van der Waals surface area (Å²) >= 11 is 0. The van der Waals surface area contributed by atoms with Crippen LogP contribution < -0.4 is 5.32 Å². The van der Waals surface area contributed by atoms with Gasteiger partial charge < -0.3 is 4.74 Å². The monoisotopic (exact) mass is 268 g/mol. The molecule has 1 aromatic rings.